The molecule has 0 N–H and O–H groups in total. The van der Waals surface area contributed by atoms with E-state index in [0.29, 0.717) is 0 Å². The van der Waals surface area contributed by atoms with Gasteiger partial charge in [0.05, 0.1) is 0 Å². The molecule has 1 rings (SSSR count). The maximum atomic E-state index is 2.37. The molecule has 2 unspecified atom stereocenters. The predicted octanol–water partition coefficient (Wildman–Crippen LogP) is 2.54. The van der Waals surface area contributed by atoms with Crippen LogP contribution in [0.5, 0.6) is 0 Å². The lowest BCUT2D eigenvalue weighted by molar-refractivity contribution is 0.544. The van der Waals surface area contributed by atoms with Crippen molar-refractivity contribution in [2.75, 3.05) is 5.75 Å². The first-order valence-electron chi connectivity index (χ1n) is 3.46. The Hall–Kier alpha value is 0.350. The summed E-state index contributed by atoms with van der Waals surface area (Å²) in [7, 11) is 0. The fraction of sp³-hybridized carbons (Fsp3) is 1.00. The lowest BCUT2D eigenvalue weighted by Gasteiger charge is -2.03. The molecule has 0 bridgehead atoms. The SMILES string of the molecule is CCCC(C)C1CS1. The van der Waals surface area contributed by atoms with E-state index >= 15 is 0 Å². The van der Waals surface area contributed by atoms with Crippen molar-refractivity contribution in [3.63, 3.8) is 0 Å². The molecule has 1 aliphatic heterocycles. The summed E-state index contributed by atoms with van der Waals surface area (Å²) in [6.45, 7) is 4.64. The molecule has 1 saturated heterocycles. The Kier molecular flexibility index (Phi) is 2.24. The molecule has 0 nitrogen and oxygen atoms in total. The summed E-state index contributed by atoms with van der Waals surface area (Å²) in [6, 6.07) is 0. The van der Waals surface area contributed by atoms with Crippen LogP contribution in [0, 0.1) is 5.92 Å². The van der Waals surface area contributed by atoms with Crippen LogP contribution in [0.15, 0.2) is 0 Å². The first kappa shape index (κ1) is 6.47. The van der Waals surface area contributed by atoms with Crippen molar-refractivity contribution in [1.29, 1.82) is 0 Å². The van der Waals surface area contributed by atoms with E-state index in [9.17, 15) is 0 Å². The van der Waals surface area contributed by atoms with Crippen LogP contribution in [0.4, 0.5) is 0 Å². The Morgan fingerprint density at radius 1 is 1.75 bits per heavy atom. The molecule has 0 amide bonds. The molecule has 0 aromatic carbocycles. The van der Waals surface area contributed by atoms with Gasteiger partial charge in [0.15, 0.2) is 0 Å². The average Bonchev–Trinajstić information content (AvgIpc) is 2.45. The molecule has 1 heteroatoms. The lowest BCUT2D eigenvalue weighted by Crippen LogP contribution is -1.99. The topological polar surface area (TPSA) is 0 Å². The highest BCUT2D eigenvalue weighted by Gasteiger charge is 2.27. The molecule has 0 aromatic heterocycles. The maximum Gasteiger partial charge on any atom is 0.0164 e. The number of hydrogen-bond donors (Lipinski definition) is 0. The van der Waals surface area contributed by atoms with Crippen LogP contribution >= 0.6 is 11.8 Å². The van der Waals surface area contributed by atoms with Crippen LogP contribution in [-0.4, -0.2) is 11.0 Å². The van der Waals surface area contributed by atoms with E-state index in [-0.39, 0.29) is 0 Å². The highest BCUT2D eigenvalue weighted by molar-refractivity contribution is 8.06. The van der Waals surface area contributed by atoms with Crippen molar-refractivity contribution < 1.29 is 0 Å². The van der Waals surface area contributed by atoms with E-state index < -0.39 is 0 Å². The highest BCUT2D eigenvalue weighted by Crippen LogP contribution is 2.38. The van der Waals surface area contributed by atoms with Crippen molar-refractivity contribution >= 4 is 11.8 Å². The second kappa shape index (κ2) is 2.77. The van der Waals surface area contributed by atoms with Gasteiger partial charge in [0.2, 0.25) is 0 Å². The van der Waals surface area contributed by atoms with Gasteiger partial charge in [0, 0.05) is 11.0 Å². The van der Waals surface area contributed by atoms with Gasteiger partial charge in [-0.2, -0.15) is 11.8 Å². The van der Waals surface area contributed by atoms with E-state index in [2.05, 4.69) is 25.6 Å². The third-order valence-corrected chi connectivity index (χ3v) is 2.92. The second-order valence-corrected chi connectivity index (χ2v) is 3.91. The average molecular weight is 130 g/mol. The normalized spacial score (nSPS) is 30.0. The molecule has 0 saturated carbocycles. The van der Waals surface area contributed by atoms with Gasteiger partial charge in [-0.05, 0) is 12.3 Å². The molecule has 2 atom stereocenters. The first-order chi connectivity index (χ1) is 3.84. The molecule has 0 radical (unpaired) electrons. The number of hydrogen-bond acceptors (Lipinski definition) is 1. The third-order valence-electron chi connectivity index (χ3n) is 1.74. The predicted molar refractivity (Wildman–Crippen MR) is 40.3 cm³/mol. The lowest BCUT2D eigenvalue weighted by atomic mass is 10.0. The van der Waals surface area contributed by atoms with Gasteiger partial charge in [-0.25, -0.2) is 0 Å². The van der Waals surface area contributed by atoms with Crippen LogP contribution in [-0.2, 0) is 0 Å². The molecule has 8 heavy (non-hydrogen) atoms. The van der Waals surface area contributed by atoms with Crippen LogP contribution in [0.1, 0.15) is 26.7 Å². The minimum Gasteiger partial charge on any atom is -0.156 e. The standard InChI is InChI=1S/C7H14S/c1-3-4-6(2)7-5-8-7/h6-7H,3-5H2,1-2H3. The Morgan fingerprint density at radius 2 is 2.38 bits per heavy atom. The minimum absolute atomic E-state index is 0.991. The van der Waals surface area contributed by atoms with E-state index in [0.717, 1.165) is 11.2 Å². The van der Waals surface area contributed by atoms with Crippen molar-refractivity contribution in [2.45, 2.75) is 31.9 Å². The summed E-state index contributed by atoms with van der Waals surface area (Å²) in [5, 5.41) is 1.04. The molecule has 0 aromatic rings. The van der Waals surface area contributed by atoms with Crippen LogP contribution in [0.2, 0.25) is 0 Å². The highest BCUT2D eigenvalue weighted by atomic mass is 32.2. The van der Waals surface area contributed by atoms with Crippen LogP contribution < -0.4 is 0 Å². The van der Waals surface area contributed by atoms with Gasteiger partial charge < -0.3 is 0 Å². The number of thioether (sulfide) groups is 1. The fourth-order valence-electron chi connectivity index (χ4n) is 1.03. The second-order valence-electron chi connectivity index (χ2n) is 2.64. The van der Waals surface area contributed by atoms with Gasteiger partial charge in [-0.3, -0.25) is 0 Å². The summed E-state index contributed by atoms with van der Waals surface area (Å²) in [6.07, 6.45) is 2.79. The fourth-order valence-corrected chi connectivity index (χ4v) is 1.93. The number of rotatable bonds is 3. The van der Waals surface area contributed by atoms with E-state index in [1.165, 1.54) is 18.6 Å². The van der Waals surface area contributed by atoms with E-state index in [1.807, 2.05) is 0 Å². The molecule has 1 aliphatic rings. The molecule has 0 spiro atoms. The summed E-state index contributed by atoms with van der Waals surface area (Å²) in [5.41, 5.74) is 0. The van der Waals surface area contributed by atoms with Crippen molar-refractivity contribution in [2.24, 2.45) is 5.92 Å². The van der Waals surface area contributed by atoms with Gasteiger partial charge in [-0.1, -0.05) is 20.3 Å². The molecule has 48 valence electrons. The zero-order valence-corrected chi connectivity index (χ0v) is 6.50. The monoisotopic (exact) mass is 130 g/mol. The molecular weight excluding hydrogens is 116 g/mol. The van der Waals surface area contributed by atoms with Gasteiger partial charge in [-0.15, -0.1) is 0 Å². The van der Waals surface area contributed by atoms with E-state index in [1.54, 1.807) is 0 Å². The van der Waals surface area contributed by atoms with Crippen LogP contribution in [0.3, 0.4) is 0 Å². The van der Waals surface area contributed by atoms with Gasteiger partial charge >= 0.3 is 0 Å². The molecule has 1 fully saturated rings. The molecular formula is C7H14S. The van der Waals surface area contributed by atoms with Gasteiger partial charge in [0.1, 0.15) is 0 Å². The summed E-state index contributed by atoms with van der Waals surface area (Å²) in [5.74, 6) is 2.42. The first-order valence-corrected chi connectivity index (χ1v) is 4.51. The zero-order valence-electron chi connectivity index (χ0n) is 5.68. The summed E-state index contributed by atoms with van der Waals surface area (Å²) in [4.78, 5) is 0. The zero-order chi connectivity index (χ0) is 5.98. The molecule has 0 aliphatic carbocycles. The smallest absolute Gasteiger partial charge is 0.0164 e. The van der Waals surface area contributed by atoms with Crippen molar-refractivity contribution in [3.8, 4) is 0 Å². The van der Waals surface area contributed by atoms with Crippen molar-refractivity contribution in [3.05, 3.63) is 0 Å². The Labute approximate surface area is 56.0 Å². The quantitative estimate of drug-likeness (QED) is 0.529. The Balaban J connectivity index is 2.03. The third kappa shape index (κ3) is 1.70. The largest absolute Gasteiger partial charge is 0.156 e. The van der Waals surface area contributed by atoms with Gasteiger partial charge in [0.25, 0.3) is 0 Å². The summed E-state index contributed by atoms with van der Waals surface area (Å²) < 4.78 is 0. The Bertz CT molecular complexity index is 66.8. The minimum atomic E-state index is 0.991. The maximum absolute atomic E-state index is 2.37. The van der Waals surface area contributed by atoms with E-state index in [4.69, 9.17) is 0 Å². The van der Waals surface area contributed by atoms with Crippen LogP contribution in [0.25, 0.3) is 0 Å². The van der Waals surface area contributed by atoms with Crippen molar-refractivity contribution in [1.82, 2.24) is 0 Å². The Morgan fingerprint density at radius 3 is 2.75 bits per heavy atom. The summed E-state index contributed by atoms with van der Waals surface area (Å²) >= 11 is 2.12. The molecule has 1 heterocycles.